The van der Waals surface area contributed by atoms with Gasteiger partial charge in [0.1, 0.15) is 12.9 Å². The molecule has 5 heteroatoms. The normalized spacial score (nSPS) is 10.6. The van der Waals surface area contributed by atoms with Gasteiger partial charge in [-0.2, -0.15) is 0 Å². The average molecular weight is 200 g/mol. The maximum absolute atomic E-state index is 11.0. The van der Waals surface area contributed by atoms with Crippen molar-refractivity contribution in [3.63, 3.8) is 0 Å². The monoisotopic (exact) mass is 200 g/mol. The Balaban J connectivity index is 4.03. The molecule has 0 saturated heterocycles. The van der Waals surface area contributed by atoms with Gasteiger partial charge in [-0.15, -0.1) is 0 Å². The summed E-state index contributed by atoms with van der Waals surface area (Å²) in [4.78, 5) is 21.6. The van der Waals surface area contributed by atoms with Crippen molar-refractivity contribution in [3.8, 4) is 0 Å². The molecule has 0 amide bonds. The van der Waals surface area contributed by atoms with Gasteiger partial charge < -0.3 is 14.6 Å². The molecule has 0 heterocycles. The van der Waals surface area contributed by atoms with E-state index in [0.717, 1.165) is 12.3 Å². The first-order valence-electron chi connectivity index (χ1n) is 3.89. The van der Waals surface area contributed by atoms with Crippen molar-refractivity contribution in [1.82, 2.24) is 0 Å². The third kappa shape index (κ3) is 5.10. The molecule has 0 aromatic heterocycles. The van der Waals surface area contributed by atoms with Crippen LogP contribution in [0.1, 0.15) is 6.92 Å². The van der Waals surface area contributed by atoms with Gasteiger partial charge in [0, 0.05) is 6.08 Å². The molecule has 14 heavy (non-hydrogen) atoms. The topological polar surface area (TPSA) is 72.8 Å². The Bertz CT molecular complexity index is 254. The minimum absolute atomic E-state index is 0.0839. The molecule has 0 fully saturated rings. The summed E-state index contributed by atoms with van der Waals surface area (Å²) < 4.78 is 9.02. The van der Waals surface area contributed by atoms with Crippen LogP contribution >= 0.6 is 0 Å². The number of aliphatic hydroxyl groups excluding tert-OH is 1. The second-order valence-corrected chi connectivity index (χ2v) is 2.30. The summed E-state index contributed by atoms with van der Waals surface area (Å²) in [6, 6.07) is 0. The van der Waals surface area contributed by atoms with Crippen LogP contribution in [0.5, 0.6) is 0 Å². The van der Waals surface area contributed by atoms with Crippen molar-refractivity contribution in [1.29, 1.82) is 0 Å². The van der Waals surface area contributed by atoms with E-state index in [1.807, 2.05) is 0 Å². The highest BCUT2D eigenvalue weighted by molar-refractivity contribution is 5.88. The molecule has 0 spiro atoms. The van der Waals surface area contributed by atoms with E-state index >= 15 is 0 Å². The zero-order valence-electron chi connectivity index (χ0n) is 7.86. The van der Waals surface area contributed by atoms with Crippen molar-refractivity contribution in [2.75, 3.05) is 13.2 Å². The largest absolute Gasteiger partial charge is 0.460 e. The lowest BCUT2D eigenvalue weighted by Gasteiger charge is -2.01. The van der Waals surface area contributed by atoms with E-state index in [0.29, 0.717) is 0 Å². The Labute approximate surface area is 81.6 Å². The van der Waals surface area contributed by atoms with Crippen LogP contribution in [-0.2, 0) is 19.1 Å². The van der Waals surface area contributed by atoms with Gasteiger partial charge in [0.05, 0.1) is 12.2 Å². The Morgan fingerprint density at radius 3 is 2.64 bits per heavy atom. The van der Waals surface area contributed by atoms with Crippen LogP contribution in [0.3, 0.4) is 0 Å². The quantitative estimate of drug-likeness (QED) is 0.388. The Morgan fingerprint density at radius 1 is 1.50 bits per heavy atom. The highest BCUT2D eigenvalue weighted by Gasteiger charge is 2.05. The molecule has 0 saturated carbocycles. The van der Waals surface area contributed by atoms with E-state index in [-0.39, 0.29) is 18.8 Å². The first kappa shape index (κ1) is 12.4. The number of carbonyl (C=O) groups is 2. The minimum Gasteiger partial charge on any atom is -0.460 e. The Morgan fingerprint density at radius 2 is 2.14 bits per heavy atom. The maximum atomic E-state index is 11.0. The third-order valence-electron chi connectivity index (χ3n) is 1.16. The predicted molar refractivity (Wildman–Crippen MR) is 48.1 cm³/mol. The molecule has 5 nitrogen and oxygen atoms in total. The van der Waals surface area contributed by atoms with E-state index < -0.39 is 11.9 Å². The summed E-state index contributed by atoms with van der Waals surface area (Å²) in [5.74, 6) is -1.30. The first-order valence-corrected chi connectivity index (χ1v) is 3.89. The molecule has 0 aliphatic rings. The van der Waals surface area contributed by atoms with Crippen LogP contribution in [-0.4, -0.2) is 30.3 Å². The molecule has 78 valence electrons. The van der Waals surface area contributed by atoms with Crippen LogP contribution in [0.4, 0.5) is 0 Å². The van der Waals surface area contributed by atoms with Gasteiger partial charge in [-0.3, -0.25) is 0 Å². The lowest BCUT2D eigenvalue weighted by Crippen LogP contribution is -2.10. The zero-order valence-corrected chi connectivity index (χ0v) is 7.86. The molecule has 0 aliphatic heterocycles. The number of hydrogen-bond donors (Lipinski definition) is 1. The molecule has 0 atom stereocenters. The molecular weight excluding hydrogens is 188 g/mol. The van der Waals surface area contributed by atoms with Crippen LogP contribution in [0.2, 0.25) is 0 Å². The summed E-state index contributed by atoms with van der Waals surface area (Å²) in [6.45, 7) is 4.28. The van der Waals surface area contributed by atoms with Gasteiger partial charge in [-0.1, -0.05) is 6.58 Å². The molecule has 0 unspecified atom stereocenters. The molecule has 1 N–H and O–H groups in total. The molecule has 0 bridgehead atoms. The van der Waals surface area contributed by atoms with Crippen LogP contribution in [0.25, 0.3) is 0 Å². The summed E-state index contributed by atoms with van der Waals surface area (Å²) >= 11 is 0. The molecule has 0 aromatic carbocycles. The van der Waals surface area contributed by atoms with Crippen molar-refractivity contribution in [2.24, 2.45) is 0 Å². The second-order valence-electron chi connectivity index (χ2n) is 2.30. The van der Waals surface area contributed by atoms with E-state index in [9.17, 15) is 9.59 Å². The summed E-state index contributed by atoms with van der Waals surface area (Å²) in [5.41, 5.74) is 0.133. The van der Waals surface area contributed by atoms with Gasteiger partial charge in [-0.25, -0.2) is 9.59 Å². The highest BCUT2D eigenvalue weighted by Crippen LogP contribution is 1.97. The van der Waals surface area contributed by atoms with Gasteiger partial charge in [0.2, 0.25) is 0 Å². The molecule has 0 rings (SSSR count). The number of carbonyl (C=O) groups excluding carboxylic acids is 2. The maximum Gasteiger partial charge on any atom is 0.336 e. The SMILES string of the molecule is C=CC(=O)O/C=C(\C)C(=O)OCCO. The van der Waals surface area contributed by atoms with Crippen molar-refractivity contribution in [2.45, 2.75) is 6.92 Å². The number of ether oxygens (including phenoxy) is 2. The lowest BCUT2D eigenvalue weighted by atomic mass is 10.3. The van der Waals surface area contributed by atoms with Gasteiger partial charge >= 0.3 is 11.9 Å². The number of esters is 2. The van der Waals surface area contributed by atoms with E-state index in [1.54, 1.807) is 0 Å². The summed E-state index contributed by atoms with van der Waals surface area (Å²) in [6.07, 6.45) is 1.95. The standard InChI is InChI=1S/C9H12O5/c1-3-8(11)14-6-7(2)9(12)13-5-4-10/h3,6,10H,1,4-5H2,2H3/b7-6+. The molecular formula is C9H12O5. The smallest absolute Gasteiger partial charge is 0.336 e. The van der Waals surface area contributed by atoms with Gasteiger partial charge in [0.25, 0.3) is 0 Å². The van der Waals surface area contributed by atoms with Crippen molar-refractivity contribution in [3.05, 3.63) is 24.5 Å². The molecule has 0 radical (unpaired) electrons. The third-order valence-corrected chi connectivity index (χ3v) is 1.16. The Kier molecular flexibility index (Phi) is 6.06. The summed E-state index contributed by atoms with van der Waals surface area (Å²) in [5, 5.41) is 8.36. The highest BCUT2D eigenvalue weighted by atomic mass is 16.5. The van der Waals surface area contributed by atoms with Crippen LogP contribution in [0.15, 0.2) is 24.5 Å². The number of hydrogen-bond acceptors (Lipinski definition) is 5. The second kappa shape index (κ2) is 6.85. The Hall–Kier alpha value is -1.62. The molecule has 0 aromatic rings. The first-order chi connectivity index (χ1) is 6.61. The van der Waals surface area contributed by atoms with Gasteiger partial charge in [-0.05, 0) is 6.92 Å². The minimum atomic E-state index is -0.653. The van der Waals surface area contributed by atoms with Crippen LogP contribution < -0.4 is 0 Å². The average Bonchev–Trinajstić information content (AvgIpc) is 2.21. The zero-order chi connectivity index (χ0) is 11.0. The lowest BCUT2D eigenvalue weighted by molar-refractivity contribution is -0.140. The van der Waals surface area contributed by atoms with Gasteiger partial charge in [0.15, 0.2) is 0 Å². The summed E-state index contributed by atoms with van der Waals surface area (Å²) in [7, 11) is 0. The fourth-order valence-electron chi connectivity index (χ4n) is 0.495. The van der Waals surface area contributed by atoms with E-state index in [4.69, 9.17) is 5.11 Å². The van der Waals surface area contributed by atoms with Crippen LogP contribution in [0, 0.1) is 0 Å². The van der Waals surface area contributed by atoms with Crippen molar-refractivity contribution < 1.29 is 24.2 Å². The van der Waals surface area contributed by atoms with E-state index in [2.05, 4.69) is 16.1 Å². The number of rotatable bonds is 5. The fraction of sp³-hybridized carbons (Fsp3) is 0.333. The fourth-order valence-corrected chi connectivity index (χ4v) is 0.495. The number of aliphatic hydroxyl groups is 1. The van der Waals surface area contributed by atoms with E-state index in [1.165, 1.54) is 6.92 Å². The van der Waals surface area contributed by atoms with Crippen molar-refractivity contribution >= 4 is 11.9 Å². The predicted octanol–water partition coefficient (Wildman–Crippen LogP) is 0.155. The molecule has 0 aliphatic carbocycles.